The van der Waals surface area contributed by atoms with E-state index < -0.39 is 10.8 Å². The van der Waals surface area contributed by atoms with Gasteiger partial charge in [0.05, 0.1) is 18.0 Å². The Morgan fingerprint density at radius 2 is 1.64 bits per heavy atom. The number of rotatable bonds is 7. The molecule has 2 aromatic carbocycles. The van der Waals surface area contributed by atoms with Crippen LogP contribution in [0.3, 0.4) is 0 Å². The van der Waals surface area contributed by atoms with Crippen LogP contribution in [0.25, 0.3) is 0 Å². The van der Waals surface area contributed by atoms with Crippen LogP contribution in [0.5, 0.6) is 0 Å². The van der Waals surface area contributed by atoms with Crippen LogP contribution in [0.2, 0.25) is 0 Å². The number of nitrogens with zero attached hydrogens (tertiary/aromatic N) is 1. The van der Waals surface area contributed by atoms with Crippen molar-refractivity contribution in [1.82, 2.24) is 5.32 Å². The van der Waals surface area contributed by atoms with Gasteiger partial charge in [0.15, 0.2) is 0 Å². The molecular weight excluding hydrogens is 360 g/mol. The molecule has 0 saturated heterocycles. The van der Waals surface area contributed by atoms with Gasteiger partial charge < -0.3 is 16.0 Å². The highest BCUT2D eigenvalue weighted by atomic mass is 16.6. The molecule has 0 saturated carbocycles. The molecule has 28 heavy (non-hydrogen) atoms. The molecule has 0 aliphatic heterocycles. The lowest BCUT2D eigenvalue weighted by Gasteiger charge is -2.13. The second kappa shape index (κ2) is 8.98. The number of nitro benzene ring substituents is 1. The normalized spacial score (nSPS) is 10.3. The van der Waals surface area contributed by atoms with Crippen LogP contribution in [0, 0.1) is 37.8 Å². The zero-order valence-electron chi connectivity index (χ0n) is 16.4. The largest absolute Gasteiger partial charge is 0.376 e. The quantitative estimate of drug-likeness (QED) is 0.502. The Hall–Kier alpha value is -3.42. The number of aryl methyl sites for hydroxylation is 3. The van der Waals surface area contributed by atoms with Crippen molar-refractivity contribution in [3.63, 3.8) is 0 Å². The van der Waals surface area contributed by atoms with E-state index in [1.54, 1.807) is 19.1 Å². The molecule has 0 spiro atoms. The third-order valence-electron chi connectivity index (χ3n) is 4.33. The van der Waals surface area contributed by atoms with Crippen LogP contribution in [-0.2, 0) is 9.59 Å². The van der Waals surface area contributed by atoms with Crippen molar-refractivity contribution in [2.45, 2.75) is 27.7 Å². The van der Waals surface area contributed by atoms with Crippen molar-refractivity contribution in [2.75, 3.05) is 23.7 Å². The van der Waals surface area contributed by atoms with E-state index >= 15 is 0 Å². The predicted octanol–water partition coefficient (Wildman–Crippen LogP) is 3.00. The summed E-state index contributed by atoms with van der Waals surface area (Å²) in [5.74, 6) is -0.715. The number of nitrogens with one attached hydrogen (secondary N) is 3. The van der Waals surface area contributed by atoms with E-state index in [2.05, 4.69) is 16.0 Å². The topological polar surface area (TPSA) is 113 Å². The molecular formula is C20H24N4O4. The molecule has 2 amide bonds. The first-order valence-corrected chi connectivity index (χ1v) is 8.81. The number of hydrogen-bond acceptors (Lipinski definition) is 5. The second-order valence-corrected chi connectivity index (χ2v) is 6.66. The van der Waals surface area contributed by atoms with E-state index in [1.165, 1.54) is 6.07 Å². The van der Waals surface area contributed by atoms with E-state index in [9.17, 15) is 19.7 Å². The van der Waals surface area contributed by atoms with Gasteiger partial charge in [-0.2, -0.15) is 0 Å². The Kier molecular flexibility index (Phi) is 6.70. The van der Waals surface area contributed by atoms with Gasteiger partial charge in [-0.15, -0.1) is 0 Å². The minimum atomic E-state index is -0.472. The lowest BCUT2D eigenvalue weighted by molar-refractivity contribution is -0.385. The monoisotopic (exact) mass is 384 g/mol. The van der Waals surface area contributed by atoms with Gasteiger partial charge in [-0.1, -0.05) is 23.8 Å². The molecule has 0 heterocycles. The summed E-state index contributed by atoms with van der Waals surface area (Å²) in [6, 6.07) is 8.56. The van der Waals surface area contributed by atoms with Crippen LogP contribution in [0.1, 0.15) is 22.3 Å². The Morgan fingerprint density at radius 3 is 2.25 bits per heavy atom. The molecule has 2 rings (SSSR count). The van der Waals surface area contributed by atoms with E-state index in [1.807, 2.05) is 32.9 Å². The Bertz CT molecular complexity index is 901. The number of carbonyl (C=O) groups excluding carboxylic acids is 2. The molecule has 148 valence electrons. The second-order valence-electron chi connectivity index (χ2n) is 6.66. The van der Waals surface area contributed by atoms with Crippen molar-refractivity contribution in [3.8, 4) is 0 Å². The van der Waals surface area contributed by atoms with Crippen LogP contribution < -0.4 is 16.0 Å². The van der Waals surface area contributed by atoms with Crippen LogP contribution in [-0.4, -0.2) is 29.8 Å². The maximum Gasteiger partial charge on any atom is 0.274 e. The minimum Gasteiger partial charge on any atom is -0.376 e. The number of carbonyl (C=O) groups is 2. The molecule has 0 unspecified atom stereocenters. The molecule has 0 aliphatic rings. The maximum absolute atomic E-state index is 12.1. The average Bonchev–Trinajstić information content (AvgIpc) is 2.61. The van der Waals surface area contributed by atoms with E-state index in [4.69, 9.17) is 0 Å². The lowest BCUT2D eigenvalue weighted by atomic mass is 10.1. The maximum atomic E-state index is 12.1. The average molecular weight is 384 g/mol. The summed E-state index contributed by atoms with van der Waals surface area (Å²) in [6.07, 6.45) is 0. The molecule has 0 aromatic heterocycles. The first-order valence-electron chi connectivity index (χ1n) is 8.81. The summed E-state index contributed by atoms with van der Waals surface area (Å²) >= 11 is 0. The summed E-state index contributed by atoms with van der Waals surface area (Å²) in [4.78, 5) is 34.6. The molecule has 0 radical (unpaired) electrons. The first kappa shape index (κ1) is 20.9. The van der Waals surface area contributed by atoms with Gasteiger partial charge in [0, 0.05) is 23.0 Å². The van der Waals surface area contributed by atoms with Crippen molar-refractivity contribution >= 4 is 28.9 Å². The highest BCUT2D eigenvalue weighted by molar-refractivity contribution is 5.96. The minimum absolute atomic E-state index is 0.0198. The van der Waals surface area contributed by atoms with Gasteiger partial charge in [0.25, 0.3) is 5.69 Å². The molecule has 0 atom stereocenters. The van der Waals surface area contributed by atoms with Gasteiger partial charge in [-0.25, -0.2) is 0 Å². The lowest BCUT2D eigenvalue weighted by Crippen LogP contribution is -2.36. The highest BCUT2D eigenvalue weighted by Crippen LogP contribution is 2.24. The fraction of sp³-hybridized carbons (Fsp3) is 0.300. The van der Waals surface area contributed by atoms with Gasteiger partial charge >= 0.3 is 0 Å². The third kappa shape index (κ3) is 5.29. The van der Waals surface area contributed by atoms with Crippen LogP contribution in [0.4, 0.5) is 17.1 Å². The standard InChI is InChI=1S/C20H24N4O4/c1-12-8-13(2)20(14(3)9-12)23-19(26)11-22-18(25)10-21-16-6-5-7-17(15(16)4)24(27)28/h5-9,21H,10-11H2,1-4H3,(H,22,25)(H,23,26). The zero-order chi connectivity index (χ0) is 20.8. The Morgan fingerprint density at radius 1 is 1.00 bits per heavy atom. The van der Waals surface area contributed by atoms with Gasteiger partial charge in [0.2, 0.25) is 11.8 Å². The van der Waals surface area contributed by atoms with Crippen LogP contribution >= 0.6 is 0 Å². The van der Waals surface area contributed by atoms with Crippen molar-refractivity contribution < 1.29 is 14.5 Å². The smallest absolute Gasteiger partial charge is 0.274 e. The Labute approximate surface area is 163 Å². The van der Waals surface area contributed by atoms with E-state index in [0.29, 0.717) is 11.3 Å². The molecule has 0 fully saturated rings. The fourth-order valence-corrected chi connectivity index (χ4v) is 2.99. The van der Waals surface area contributed by atoms with Gasteiger partial charge in [0.1, 0.15) is 0 Å². The molecule has 8 heteroatoms. The van der Waals surface area contributed by atoms with Gasteiger partial charge in [-0.05, 0) is 44.9 Å². The molecule has 2 aromatic rings. The summed E-state index contributed by atoms with van der Waals surface area (Å²) in [5.41, 5.74) is 4.70. The van der Waals surface area contributed by atoms with Crippen LogP contribution in [0.15, 0.2) is 30.3 Å². The number of nitro groups is 1. The van der Waals surface area contributed by atoms with Gasteiger partial charge in [-0.3, -0.25) is 19.7 Å². The Balaban J connectivity index is 1.87. The summed E-state index contributed by atoms with van der Waals surface area (Å²) in [5, 5.41) is 19.2. The summed E-state index contributed by atoms with van der Waals surface area (Å²) < 4.78 is 0. The number of amides is 2. The predicted molar refractivity (Wildman–Crippen MR) is 109 cm³/mol. The SMILES string of the molecule is Cc1cc(C)c(NC(=O)CNC(=O)CNc2cccc([N+](=O)[O-])c2C)c(C)c1. The summed E-state index contributed by atoms with van der Waals surface area (Å²) in [7, 11) is 0. The number of hydrogen-bond donors (Lipinski definition) is 3. The highest BCUT2D eigenvalue weighted by Gasteiger charge is 2.14. The molecule has 0 aliphatic carbocycles. The molecule has 0 bridgehead atoms. The number of benzene rings is 2. The van der Waals surface area contributed by atoms with Crippen molar-refractivity contribution in [3.05, 3.63) is 62.7 Å². The van der Waals surface area contributed by atoms with E-state index in [0.717, 1.165) is 22.4 Å². The number of anilines is 2. The summed E-state index contributed by atoms with van der Waals surface area (Å²) in [6.45, 7) is 7.16. The zero-order valence-corrected chi connectivity index (χ0v) is 16.4. The first-order chi connectivity index (χ1) is 13.2. The molecule has 8 nitrogen and oxygen atoms in total. The fourth-order valence-electron chi connectivity index (χ4n) is 2.99. The molecule has 3 N–H and O–H groups in total. The van der Waals surface area contributed by atoms with E-state index in [-0.39, 0.29) is 24.7 Å². The third-order valence-corrected chi connectivity index (χ3v) is 4.33. The van der Waals surface area contributed by atoms with Crippen molar-refractivity contribution in [2.24, 2.45) is 0 Å². The van der Waals surface area contributed by atoms with Crippen molar-refractivity contribution in [1.29, 1.82) is 0 Å².